The minimum atomic E-state index is -4.05. The molecule has 11 heteroatoms. The maximum Gasteiger partial charge on any atom is 0.333 e. The molecular formula is C26H31N3O7S. The predicted molar refractivity (Wildman–Crippen MR) is 135 cm³/mol. The van der Waals surface area contributed by atoms with Gasteiger partial charge in [0, 0.05) is 45.3 Å². The molecule has 0 saturated carbocycles. The Morgan fingerprint density at radius 1 is 0.919 bits per heavy atom. The number of rotatable bonds is 10. The predicted octanol–water partition coefficient (Wildman–Crippen LogP) is 2.97. The van der Waals surface area contributed by atoms with Crippen molar-refractivity contribution in [2.24, 2.45) is 0 Å². The quantitative estimate of drug-likeness (QED) is 0.369. The second-order valence-corrected chi connectivity index (χ2v) is 10.6. The lowest BCUT2D eigenvalue weighted by Crippen LogP contribution is -2.47. The Balaban J connectivity index is 1.68. The van der Waals surface area contributed by atoms with E-state index in [1.54, 1.807) is 38.5 Å². The molecule has 0 unspecified atom stereocenters. The first-order valence-electron chi connectivity index (χ1n) is 11.8. The summed E-state index contributed by atoms with van der Waals surface area (Å²) in [4.78, 5) is 12.8. The molecule has 0 spiro atoms. The third kappa shape index (κ3) is 5.63. The number of aromatic nitrogens is 2. The lowest BCUT2D eigenvalue weighted by Gasteiger charge is -2.34. The molecule has 1 aliphatic rings. The first-order valence-corrected chi connectivity index (χ1v) is 13.2. The van der Waals surface area contributed by atoms with Gasteiger partial charge < -0.3 is 18.9 Å². The van der Waals surface area contributed by atoms with Gasteiger partial charge in [0.15, 0.2) is 10.6 Å². The van der Waals surface area contributed by atoms with Crippen LogP contribution in [0.2, 0.25) is 0 Å². The summed E-state index contributed by atoms with van der Waals surface area (Å²) in [7, 11) is 0.411. The molecule has 10 nitrogen and oxygen atoms in total. The molecule has 37 heavy (non-hydrogen) atoms. The number of benzene rings is 2. The molecule has 1 fully saturated rings. The summed E-state index contributed by atoms with van der Waals surface area (Å²) in [5.41, 5.74) is 0.456. The molecular weight excluding hydrogens is 498 g/mol. The van der Waals surface area contributed by atoms with Gasteiger partial charge in [-0.2, -0.15) is 9.40 Å². The lowest BCUT2D eigenvalue weighted by molar-refractivity contribution is -0.157. The molecule has 1 saturated heterocycles. The minimum Gasteiger partial charge on any atom is -0.497 e. The Kier molecular flexibility index (Phi) is 8.16. The second kappa shape index (κ2) is 11.3. The van der Waals surface area contributed by atoms with Crippen molar-refractivity contribution in [1.29, 1.82) is 0 Å². The number of hydrogen-bond acceptors (Lipinski definition) is 8. The van der Waals surface area contributed by atoms with Gasteiger partial charge in [-0.15, -0.1) is 0 Å². The zero-order valence-corrected chi connectivity index (χ0v) is 21.9. The average Bonchev–Trinajstić information content (AvgIpc) is 3.45. The Bertz CT molecular complexity index is 1250. The van der Waals surface area contributed by atoms with E-state index in [1.165, 1.54) is 28.4 Å². The van der Waals surface area contributed by atoms with E-state index in [4.69, 9.17) is 18.9 Å². The standard InChI is InChI=1S/C26H31N3O7S/c1-33-22-8-4-20(5-9-22)18-28(19-21-6-10-23(34-2)11-7-21)37(31,32)24-12-15-29(27-24)26(25(30)35-3)13-16-36-17-14-26/h4-12,15H,13-14,16-19H2,1-3H3. The van der Waals surface area contributed by atoms with Gasteiger partial charge >= 0.3 is 5.97 Å². The fourth-order valence-electron chi connectivity index (χ4n) is 4.34. The first kappa shape index (κ1) is 26.6. The number of hydrogen-bond donors (Lipinski definition) is 0. The SMILES string of the molecule is COC(=O)C1(n2ccc(S(=O)(=O)N(Cc3ccc(OC)cc3)Cc3ccc(OC)cc3)n2)CCOCC1. The van der Waals surface area contributed by atoms with Gasteiger partial charge in [0.25, 0.3) is 10.0 Å². The van der Waals surface area contributed by atoms with E-state index in [0.717, 1.165) is 11.1 Å². The first-order chi connectivity index (χ1) is 17.8. The number of ether oxygens (including phenoxy) is 4. The molecule has 0 aliphatic carbocycles. The fraction of sp³-hybridized carbons (Fsp3) is 0.385. The van der Waals surface area contributed by atoms with E-state index >= 15 is 0 Å². The molecule has 2 aromatic carbocycles. The van der Waals surface area contributed by atoms with Gasteiger partial charge in [-0.05, 0) is 41.5 Å². The van der Waals surface area contributed by atoms with Gasteiger partial charge in [0.05, 0.1) is 21.3 Å². The van der Waals surface area contributed by atoms with Gasteiger partial charge in [-0.1, -0.05) is 24.3 Å². The number of methoxy groups -OCH3 is 3. The topological polar surface area (TPSA) is 109 Å². The van der Waals surface area contributed by atoms with Gasteiger partial charge in [0.2, 0.25) is 0 Å². The third-order valence-corrected chi connectivity index (χ3v) is 8.21. The van der Waals surface area contributed by atoms with Crippen LogP contribution < -0.4 is 9.47 Å². The number of sulfonamides is 1. The number of carbonyl (C=O) groups excluding carboxylic acids is 1. The molecule has 0 atom stereocenters. The van der Waals surface area contributed by atoms with Crippen molar-refractivity contribution in [2.45, 2.75) is 36.5 Å². The summed E-state index contributed by atoms with van der Waals surface area (Å²) in [6.07, 6.45) is 2.19. The highest BCUT2D eigenvalue weighted by Gasteiger charge is 2.44. The maximum atomic E-state index is 13.9. The number of nitrogens with zero attached hydrogens (tertiary/aromatic N) is 3. The molecule has 1 aromatic heterocycles. The highest BCUT2D eigenvalue weighted by Crippen LogP contribution is 2.31. The van der Waals surface area contributed by atoms with Crippen LogP contribution in [0.3, 0.4) is 0 Å². The van der Waals surface area contributed by atoms with Crippen molar-refractivity contribution in [3.05, 3.63) is 71.9 Å². The van der Waals surface area contributed by atoms with E-state index in [1.807, 2.05) is 24.3 Å². The molecule has 0 radical (unpaired) electrons. The smallest absolute Gasteiger partial charge is 0.333 e. The molecule has 0 amide bonds. The Morgan fingerprint density at radius 3 is 1.89 bits per heavy atom. The van der Waals surface area contributed by atoms with Crippen LogP contribution in [0.5, 0.6) is 11.5 Å². The fourth-order valence-corrected chi connectivity index (χ4v) is 5.66. The molecule has 2 heterocycles. The van der Waals surface area contributed by atoms with E-state index in [2.05, 4.69) is 5.10 Å². The molecule has 3 aromatic rings. The average molecular weight is 530 g/mol. The molecule has 198 valence electrons. The van der Waals surface area contributed by atoms with Crippen molar-refractivity contribution in [2.75, 3.05) is 34.5 Å². The third-order valence-electron chi connectivity index (χ3n) is 6.53. The van der Waals surface area contributed by atoms with E-state index in [9.17, 15) is 13.2 Å². The van der Waals surface area contributed by atoms with Crippen LogP contribution in [-0.4, -0.2) is 63.0 Å². The second-order valence-electron chi connectivity index (χ2n) is 8.70. The Labute approximate surface area is 216 Å². The highest BCUT2D eigenvalue weighted by molar-refractivity contribution is 7.89. The zero-order chi connectivity index (χ0) is 26.5. The Hall–Kier alpha value is -3.41. The maximum absolute atomic E-state index is 13.9. The van der Waals surface area contributed by atoms with Gasteiger partial charge in [-0.25, -0.2) is 13.2 Å². The number of esters is 1. The van der Waals surface area contributed by atoms with Crippen LogP contribution in [0.1, 0.15) is 24.0 Å². The summed E-state index contributed by atoms with van der Waals surface area (Å²) in [6, 6.07) is 15.8. The van der Waals surface area contributed by atoms with Crippen molar-refractivity contribution < 1.29 is 32.2 Å². The number of carbonyl (C=O) groups is 1. The van der Waals surface area contributed by atoms with Crippen molar-refractivity contribution in [1.82, 2.24) is 14.1 Å². The van der Waals surface area contributed by atoms with Crippen LogP contribution in [0.15, 0.2) is 65.8 Å². The molecule has 0 N–H and O–H groups in total. The monoisotopic (exact) mass is 529 g/mol. The largest absolute Gasteiger partial charge is 0.497 e. The van der Waals surface area contributed by atoms with Crippen molar-refractivity contribution in [3.63, 3.8) is 0 Å². The van der Waals surface area contributed by atoms with Crippen LogP contribution in [0.25, 0.3) is 0 Å². The van der Waals surface area contributed by atoms with Crippen LogP contribution in [0, 0.1) is 0 Å². The highest BCUT2D eigenvalue weighted by atomic mass is 32.2. The van der Waals surface area contributed by atoms with Crippen LogP contribution >= 0.6 is 0 Å². The van der Waals surface area contributed by atoms with E-state index in [0.29, 0.717) is 37.6 Å². The molecule has 4 rings (SSSR count). The van der Waals surface area contributed by atoms with Crippen LogP contribution in [0.4, 0.5) is 0 Å². The van der Waals surface area contributed by atoms with Crippen LogP contribution in [-0.2, 0) is 42.9 Å². The van der Waals surface area contributed by atoms with Crippen molar-refractivity contribution >= 4 is 16.0 Å². The Morgan fingerprint density at radius 2 is 1.43 bits per heavy atom. The van der Waals surface area contributed by atoms with E-state index in [-0.39, 0.29) is 18.1 Å². The minimum absolute atomic E-state index is 0.112. The normalized spacial score (nSPS) is 15.4. The molecule has 1 aliphatic heterocycles. The lowest BCUT2D eigenvalue weighted by atomic mass is 9.90. The zero-order valence-electron chi connectivity index (χ0n) is 21.1. The van der Waals surface area contributed by atoms with Gasteiger partial charge in [0.1, 0.15) is 11.5 Å². The summed E-state index contributed by atoms with van der Waals surface area (Å²) in [5.74, 6) is 0.879. The summed E-state index contributed by atoms with van der Waals surface area (Å²) in [5, 5.41) is 4.25. The van der Waals surface area contributed by atoms with Gasteiger partial charge in [-0.3, -0.25) is 4.68 Å². The summed E-state index contributed by atoms with van der Waals surface area (Å²) < 4.78 is 51.5. The van der Waals surface area contributed by atoms with Crippen molar-refractivity contribution in [3.8, 4) is 11.5 Å². The van der Waals surface area contributed by atoms with E-state index < -0.39 is 21.5 Å². The summed E-state index contributed by atoms with van der Waals surface area (Å²) in [6.45, 7) is 0.915. The molecule has 0 bridgehead atoms. The summed E-state index contributed by atoms with van der Waals surface area (Å²) >= 11 is 0.